The van der Waals surface area contributed by atoms with E-state index in [1.807, 2.05) is 0 Å². The van der Waals surface area contributed by atoms with Gasteiger partial charge in [-0.3, -0.25) is 0 Å². The molecule has 4 aromatic carbocycles. The zero-order chi connectivity index (χ0) is 26.9. The molecule has 3 heteroatoms. The fourth-order valence-electron chi connectivity index (χ4n) is 5.19. The van der Waals surface area contributed by atoms with Crippen molar-refractivity contribution in [2.24, 2.45) is 0 Å². The van der Waals surface area contributed by atoms with Crippen LogP contribution in [0.4, 0.5) is 0 Å². The molecule has 5 rings (SSSR count). The number of aromatic nitrogens is 1. The average Bonchev–Trinajstić information content (AvgIpc) is 3.35. The van der Waals surface area contributed by atoms with Crippen molar-refractivity contribution < 1.29 is 9.47 Å². The number of H-pyrrole nitrogens is 1. The summed E-state index contributed by atoms with van der Waals surface area (Å²) in [6, 6.07) is 30.3. The molecule has 202 valence electrons. The van der Waals surface area contributed by atoms with Crippen molar-refractivity contribution in [3.8, 4) is 33.8 Å². The van der Waals surface area contributed by atoms with Crippen molar-refractivity contribution in [3.63, 3.8) is 0 Å². The standard InChI is InChI=1S/C36H41NO2/c1-3-5-7-9-23-38-31-17-11-27(12-18-31)29-15-21-33-34-22-16-30(26-36(34)37-35(33)25-29)28-13-19-32(20-14-28)39-24-10-8-6-4-2/h11-22,25-26,37H,3-10,23-24H2,1-2H3. The van der Waals surface area contributed by atoms with Crippen molar-refractivity contribution >= 4 is 21.8 Å². The monoisotopic (exact) mass is 519 g/mol. The van der Waals surface area contributed by atoms with E-state index in [1.54, 1.807) is 0 Å². The Kier molecular flexibility index (Phi) is 9.21. The molecule has 0 saturated carbocycles. The number of unbranched alkanes of at least 4 members (excludes halogenated alkanes) is 6. The molecule has 0 saturated heterocycles. The summed E-state index contributed by atoms with van der Waals surface area (Å²) in [6.07, 6.45) is 9.77. The molecule has 39 heavy (non-hydrogen) atoms. The smallest absolute Gasteiger partial charge is 0.119 e. The lowest BCUT2D eigenvalue weighted by Crippen LogP contribution is -1.96. The molecule has 0 aliphatic heterocycles. The maximum Gasteiger partial charge on any atom is 0.119 e. The van der Waals surface area contributed by atoms with Crippen LogP contribution in [0.3, 0.4) is 0 Å². The minimum Gasteiger partial charge on any atom is -0.494 e. The topological polar surface area (TPSA) is 34.2 Å². The molecule has 0 bridgehead atoms. The number of rotatable bonds is 14. The van der Waals surface area contributed by atoms with Crippen molar-refractivity contribution in [2.75, 3.05) is 13.2 Å². The Hall–Kier alpha value is -3.72. The van der Waals surface area contributed by atoms with Gasteiger partial charge in [-0.05, 0) is 71.5 Å². The van der Waals surface area contributed by atoms with Crippen LogP contribution in [0.2, 0.25) is 0 Å². The second kappa shape index (κ2) is 13.4. The maximum absolute atomic E-state index is 5.92. The molecule has 0 aliphatic carbocycles. The first-order valence-corrected chi connectivity index (χ1v) is 14.8. The highest BCUT2D eigenvalue weighted by Gasteiger charge is 2.09. The molecule has 1 aromatic heterocycles. The number of aromatic amines is 1. The first kappa shape index (κ1) is 26.9. The summed E-state index contributed by atoms with van der Waals surface area (Å²) in [5.74, 6) is 1.89. The first-order valence-electron chi connectivity index (χ1n) is 14.8. The third-order valence-electron chi connectivity index (χ3n) is 7.51. The zero-order valence-corrected chi connectivity index (χ0v) is 23.5. The summed E-state index contributed by atoms with van der Waals surface area (Å²) >= 11 is 0. The van der Waals surface area contributed by atoms with E-state index in [2.05, 4.69) is 104 Å². The summed E-state index contributed by atoms with van der Waals surface area (Å²) in [5, 5.41) is 2.50. The fourth-order valence-corrected chi connectivity index (χ4v) is 5.19. The largest absolute Gasteiger partial charge is 0.494 e. The highest BCUT2D eigenvalue weighted by molar-refractivity contribution is 6.09. The molecule has 0 amide bonds. The Morgan fingerprint density at radius 1 is 0.462 bits per heavy atom. The van der Waals surface area contributed by atoms with Crippen LogP contribution in [0.15, 0.2) is 84.9 Å². The van der Waals surface area contributed by atoms with Crippen LogP contribution in [-0.4, -0.2) is 18.2 Å². The summed E-state index contributed by atoms with van der Waals surface area (Å²) < 4.78 is 11.8. The maximum atomic E-state index is 5.92. The highest BCUT2D eigenvalue weighted by Crippen LogP contribution is 2.33. The van der Waals surface area contributed by atoms with Crippen LogP contribution in [0.5, 0.6) is 11.5 Å². The number of hydrogen-bond acceptors (Lipinski definition) is 2. The van der Waals surface area contributed by atoms with Gasteiger partial charge in [-0.25, -0.2) is 0 Å². The lowest BCUT2D eigenvalue weighted by molar-refractivity contribution is 0.305. The van der Waals surface area contributed by atoms with Gasteiger partial charge in [0.25, 0.3) is 0 Å². The summed E-state index contributed by atoms with van der Waals surface area (Å²) in [4.78, 5) is 3.66. The van der Waals surface area contributed by atoms with Gasteiger partial charge in [0, 0.05) is 21.8 Å². The third kappa shape index (κ3) is 6.84. The molecule has 3 nitrogen and oxygen atoms in total. The molecule has 0 aliphatic rings. The minimum atomic E-state index is 0.791. The zero-order valence-electron chi connectivity index (χ0n) is 23.5. The Morgan fingerprint density at radius 3 is 1.28 bits per heavy atom. The molecule has 0 radical (unpaired) electrons. The molecule has 0 fully saturated rings. The van der Waals surface area contributed by atoms with Gasteiger partial charge >= 0.3 is 0 Å². The number of fused-ring (bicyclic) bond motifs is 3. The van der Waals surface area contributed by atoms with Crippen LogP contribution < -0.4 is 9.47 Å². The quantitative estimate of drug-likeness (QED) is 0.148. The summed E-state index contributed by atoms with van der Waals surface area (Å²) in [5.41, 5.74) is 7.11. The van der Waals surface area contributed by atoms with E-state index in [0.717, 1.165) is 48.6 Å². The number of nitrogens with one attached hydrogen (secondary N) is 1. The Bertz CT molecular complexity index is 1350. The predicted octanol–water partition coefficient (Wildman–Crippen LogP) is 10.6. The lowest BCUT2D eigenvalue weighted by atomic mass is 10.0. The average molecular weight is 520 g/mol. The molecular formula is C36H41NO2. The van der Waals surface area contributed by atoms with Gasteiger partial charge in [0.1, 0.15) is 11.5 Å². The van der Waals surface area contributed by atoms with E-state index in [4.69, 9.17) is 9.47 Å². The second-order valence-corrected chi connectivity index (χ2v) is 10.5. The SMILES string of the molecule is CCCCCCOc1ccc(-c2ccc3c(c2)[nH]c2cc(-c4ccc(OCCCCCC)cc4)ccc23)cc1. The van der Waals surface area contributed by atoms with E-state index in [0.29, 0.717) is 0 Å². The summed E-state index contributed by atoms with van der Waals surface area (Å²) in [6.45, 7) is 6.05. The van der Waals surface area contributed by atoms with Crippen LogP contribution in [0.1, 0.15) is 65.2 Å². The normalized spacial score (nSPS) is 11.3. The van der Waals surface area contributed by atoms with Gasteiger partial charge in [0.2, 0.25) is 0 Å². The van der Waals surface area contributed by atoms with Crippen LogP contribution in [-0.2, 0) is 0 Å². The Balaban J connectivity index is 1.27. The third-order valence-corrected chi connectivity index (χ3v) is 7.51. The molecular weight excluding hydrogens is 478 g/mol. The van der Waals surface area contributed by atoms with Gasteiger partial charge in [0.15, 0.2) is 0 Å². The van der Waals surface area contributed by atoms with Gasteiger partial charge in [-0.2, -0.15) is 0 Å². The molecule has 0 unspecified atom stereocenters. The highest BCUT2D eigenvalue weighted by atomic mass is 16.5. The molecule has 1 N–H and O–H groups in total. The minimum absolute atomic E-state index is 0.791. The number of benzene rings is 4. The molecule has 0 atom stereocenters. The number of hydrogen-bond donors (Lipinski definition) is 1. The van der Waals surface area contributed by atoms with Gasteiger partial charge in [-0.1, -0.05) is 101 Å². The van der Waals surface area contributed by atoms with Crippen LogP contribution in [0, 0.1) is 0 Å². The van der Waals surface area contributed by atoms with Crippen LogP contribution >= 0.6 is 0 Å². The Labute approximate surface area is 233 Å². The van der Waals surface area contributed by atoms with Crippen molar-refractivity contribution in [2.45, 2.75) is 65.2 Å². The van der Waals surface area contributed by atoms with Gasteiger partial charge in [0.05, 0.1) is 13.2 Å². The van der Waals surface area contributed by atoms with Crippen molar-refractivity contribution in [1.29, 1.82) is 0 Å². The molecule has 5 aromatic rings. The number of ether oxygens (including phenoxy) is 2. The molecule has 1 heterocycles. The lowest BCUT2D eigenvalue weighted by Gasteiger charge is -2.08. The van der Waals surface area contributed by atoms with Gasteiger partial charge in [-0.15, -0.1) is 0 Å². The van der Waals surface area contributed by atoms with E-state index < -0.39 is 0 Å². The van der Waals surface area contributed by atoms with Crippen LogP contribution in [0.25, 0.3) is 44.1 Å². The molecule has 0 spiro atoms. The van der Waals surface area contributed by atoms with Crippen molar-refractivity contribution in [3.05, 3.63) is 84.9 Å². The summed E-state index contributed by atoms with van der Waals surface area (Å²) in [7, 11) is 0. The van der Waals surface area contributed by atoms with E-state index in [-0.39, 0.29) is 0 Å². The van der Waals surface area contributed by atoms with E-state index in [1.165, 1.54) is 71.6 Å². The predicted molar refractivity (Wildman–Crippen MR) is 166 cm³/mol. The second-order valence-electron chi connectivity index (χ2n) is 10.5. The fraction of sp³-hybridized carbons (Fsp3) is 0.333. The van der Waals surface area contributed by atoms with Gasteiger partial charge < -0.3 is 14.5 Å². The first-order chi connectivity index (χ1) is 19.2. The Morgan fingerprint density at radius 2 is 0.872 bits per heavy atom. The van der Waals surface area contributed by atoms with E-state index >= 15 is 0 Å². The van der Waals surface area contributed by atoms with Crippen molar-refractivity contribution in [1.82, 2.24) is 4.98 Å². The van der Waals surface area contributed by atoms with E-state index in [9.17, 15) is 0 Å².